The molecule has 2 rings (SSSR count). The summed E-state index contributed by atoms with van der Waals surface area (Å²) in [6.45, 7) is 7.40. The number of rotatable bonds is 5. The molecule has 8 heteroatoms. The zero-order valence-electron chi connectivity index (χ0n) is 19.2. The third-order valence-electron chi connectivity index (χ3n) is 6.29. The number of allylic oxidation sites excluding steroid dienone is 3. The van der Waals surface area contributed by atoms with Crippen LogP contribution in [-0.4, -0.2) is 52.8 Å². The van der Waals surface area contributed by atoms with Crippen molar-refractivity contribution in [3.05, 3.63) is 33.9 Å². The summed E-state index contributed by atoms with van der Waals surface area (Å²) in [5, 5.41) is 28.2. The van der Waals surface area contributed by atoms with Gasteiger partial charge in [-0.15, -0.1) is 0 Å². The van der Waals surface area contributed by atoms with Crippen molar-refractivity contribution >= 4 is 11.8 Å². The molecule has 1 heterocycles. The molecule has 0 fully saturated rings. The minimum Gasteiger partial charge on any atom is -0.459 e. The summed E-state index contributed by atoms with van der Waals surface area (Å²) < 4.78 is 5.53. The second-order valence-corrected chi connectivity index (χ2v) is 8.70. The zero-order chi connectivity index (χ0) is 23.8. The maximum absolute atomic E-state index is 13.6. The molecule has 0 saturated carbocycles. The van der Waals surface area contributed by atoms with E-state index in [0.29, 0.717) is 19.3 Å². The van der Waals surface area contributed by atoms with E-state index in [0.717, 1.165) is 19.0 Å². The summed E-state index contributed by atoms with van der Waals surface area (Å²) in [5.41, 5.74) is 0.334. The van der Waals surface area contributed by atoms with Crippen LogP contribution in [0.15, 0.2) is 23.8 Å². The van der Waals surface area contributed by atoms with Gasteiger partial charge in [-0.3, -0.25) is 19.7 Å². The SMILES string of the molecule is C/C1=C\C(C)C(C(C)O)OC(=O)CC[C@H]2C=CCCC12C(=O)C(C)CCO.C[N+](=O)[O-]. The summed E-state index contributed by atoms with van der Waals surface area (Å²) >= 11 is 0. The van der Waals surface area contributed by atoms with Crippen molar-refractivity contribution in [2.75, 3.05) is 13.7 Å². The molecule has 0 aromatic rings. The lowest BCUT2D eigenvalue weighted by Crippen LogP contribution is -2.45. The Morgan fingerprint density at radius 2 is 2.03 bits per heavy atom. The van der Waals surface area contributed by atoms with Gasteiger partial charge in [0.05, 0.1) is 11.5 Å². The molecule has 0 aromatic carbocycles. The predicted molar refractivity (Wildman–Crippen MR) is 117 cm³/mol. The van der Waals surface area contributed by atoms with Crippen LogP contribution in [0.25, 0.3) is 0 Å². The van der Waals surface area contributed by atoms with Gasteiger partial charge in [-0.1, -0.05) is 37.6 Å². The number of ether oxygens (including phenoxy) is 1. The average molecular weight is 440 g/mol. The lowest BCUT2D eigenvalue weighted by atomic mass is 9.58. The van der Waals surface area contributed by atoms with E-state index >= 15 is 0 Å². The number of hydrogen-bond acceptors (Lipinski definition) is 7. The lowest BCUT2D eigenvalue weighted by molar-refractivity contribution is -0.445. The number of nitro groups is 1. The molecule has 2 N–H and O–H groups in total. The van der Waals surface area contributed by atoms with Gasteiger partial charge in [0.1, 0.15) is 11.9 Å². The smallest absolute Gasteiger partial charge is 0.306 e. The van der Waals surface area contributed by atoms with Crippen molar-refractivity contribution in [2.45, 2.75) is 72.0 Å². The summed E-state index contributed by atoms with van der Waals surface area (Å²) in [6.07, 6.45) is 7.52. The Balaban J connectivity index is 0.00000110. The van der Waals surface area contributed by atoms with Gasteiger partial charge >= 0.3 is 5.97 Å². The number of cyclic esters (lactones) is 1. The number of nitrogens with zero attached hydrogens (tertiary/aromatic N) is 1. The molecule has 5 unspecified atom stereocenters. The van der Waals surface area contributed by atoms with Crippen LogP contribution >= 0.6 is 0 Å². The highest BCUT2D eigenvalue weighted by molar-refractivity contribution is 5.90. The first-order valence-corrected chi connectivity index (χ1v) is 10.9. The Bertz CT molecular complexity index is 696. The molecule has 0 bridgehead atoms. The molecule has 6 atom stereocenters. The molecule has 0 radical (unpaired) electrons. The van der Waals surface area contributed by atoms with Gasteiger partial charge in [0.2, 0.25) is 0 Å². The van der Waals surface area contributed by atoms with Gasteiger partial charge in [-0.25, -0.2) is 0 Å². The van der Waals surface area contributed by atoms with E-state index in [1.165, 1.54) is 0 Å². The average Bonchev–Trinajstić information content (AvgIpc) is 2.68. The molecule has 0 amide bonds. The quantitative estimate of drug-likeness (QED) is 0.292. The number of esters is 1. The minimum atomic E-state index is -0.783. The highest BCUT2D eigenvalue weighted by Crippen LogP contribution is 2.49. The van der Waals surface area contributed by atoms with Gasteiger partial charge in [0.25, 0.3) is 0 Å². The Labute approximate surface area is 184 Å². The number of ketones is 1. The molecule has 1 aliphatic heterocycles. The van der Waals surface area contributed by atoms with Gasteiger partial charge in [-0.2, -0.15) is 0 Å². The number of carbonyl (C=O) groups excluding carboxylic acids is 2. The number of hydrogen-bond donors (Lipinski definition) is 2. The van der Waals surface area contributed by atoms with Gasteiger partial charge in [0, 0.05) is 29.8 Å². The minimum absolute atomic E-state index is 0.0148. The van der Waals surface area contributed by atoms with Crippen molar-refractivity contribution in [2.24, 2.45) is 23.2 Å². The summed E-state index contributed by atoms with van der Waals surface area (Å²) in [5.74, 6) is -0.681. The summed E-state index contributed by atoms with van der Waals surface area (Å²) in [4.78, 5) is 34.2. The summed E-state index contributed by atoms with van der Waals surface area (Å²) in [6, 6.07) is 0. The van der Waals surface area contributed by atoms with E-state index in [9.17, 15) is 19.8 Å². The van der Waals surface area contributed by atoms with Crippen LogP contribution < -0.4 is 0 Å². The third kappa shape index (κ3) is 6.97. The summed E-state index contributed by atoms with van der Waals surface area (Å²) in [7, 11) is 0.889. The van der Waals surface area contributed by atoms with Crippen LogP contribution in [0.2, 0.25) is 0 Å². The highest BCUT2D eigenvalue weighted by Gasteiger charge is 2.48. The fourth-order valence-electron chi connectivity index (χ4n) is 4.79. The van der Waals surface area contributed by atoms with Crippen LogP contribution in [0.4, 0.5) is 0 Å². The molecule has 1 aliphatic carbocycles. The highest BCUT2D eigenvalue weighted by atomic mass is 16.6. The normalized spacial score (nSPS) is 32.2. The maximum atomic E-state index is 13.6. The predicted octanol–water partition coefficient (Wildman–Crippen LogP) is 3.09. The van der Waals surface area contributed by atoms with Crippen molar-refractivity contribution in [3.63, 3.8) is 0 Å². The molecule has 0 aromatic heterocycles. The monoisotopic (exact) mass is 439 g/mol. The second kappa shape index (κ2) is 12.1. The Morgan fingerprint density at radius 3 is 2.58 bits per heavy atom. The molecule has 31 heavy (non-hydrogen) atoms. The third-order valence-corrected chi connectivity index (χ3v) is 6.29. The van der Waals surface area contributed by atoms with Gasteiger partial charge in [-0.05, 0) is 45.4 Å². The topological polar surface area (TPSA) is 127 Å². The van der Waals surface area contributed by atoms with Crippen LogP contribution in [-0.2, 0) is 14.3 Å². The van der Waals surface area contributed by atoms with E-state index in [2.05, 4.69) is 12.2 Å². The zero-order valence-corrected chi connectivity index (χ0v) is 19.2. The van der Waals surface area contributed by atoms with E-state index in [4.69, 9.17) is 14.9 Å². The molecule has 0 saturated heterocycles. The van der Waals surface area contributed by atoms with E-state index in [1.54, 1.807) is 6.92 Å². The molecule has 176 valence electrons. The number of fused-ring (bicyclic) bond motifs is 1. The first-order valence-electron chi connectivity index (χ1n) is 10.9. The van der Waals surface area contributed by atoms with Crippen molar-refractivity contribution < 1.29 is 29.5 Å². The lowest BCUT2D eigenvalue weighted by Gasteiger charge is -2.44. The Kier molecular flexibility index (Phi) is 10.5. The molecular weight excluding hydrogens is 402 g/mol. The molecule has 2 aliphatic rings. The van der Waals surface area contributed by atoms with Crippen LogP contribution in [0.1, 0.15) is 59.8 Å². The molecular formula is C23H37NO7. The van der Waals surface area contributed by atoms with Gasteiger partial charge < -0.3 is 14.9 Å². The first-order chi connectivity index (χ1) is 14.5. The fourth-order valence-corrected chi connectivity index (χ4v) is 4.79. The van der Waals surface area contributed by atoms with E-state index in [1.807, 2.05) is 26.8 Å². The van der Waals surface area contributed by atoms with Crippen molar-refractivity contribution in [1.29, 1.82) is 0 Å². The first kappa shape index (κ1) is 27.0. The van der Waals surface area contributed by atoms with E-state index < -0.39 is 22.5 Å². The van der Waals surface area contributed by atoms with Crippen LogP contribution in [0, 0.1) is 33.3 Å². The number of Topliss-reactive ketones (excluding diaryl/α,β-unsaturated/α-hetero) is 1. The Hall–Kier alpha value is -2.06. The Morgan fingerprint density at radius 1 is 1.42 bits per heavy atom. The largest absolute Gasteiger partial charge is 0.459 e. The van der Waals surface area contributed by atoms with Gasteiger partial charge in [0.15, 0.2) is 7.05 Å². The number of carbonyl (C=O) groups is 2. The van der Waals surface area contributed by atoms with Crippen molar-refractivity contribution in [3.8, 4) is 0 Å². The standard InChI is InChI=1S/C22H34O5.CH3NO2/c1-14(10-12-23)21(26)22-11-6-5-7-18(22)8-9-19(25)27-20(17(4)24)15(2)13-16(22)3;1-2(3)4/h5,7,13-15,17-18,20,23-24H,6,8-12H2,1-4H3;1H3/b16-13+;/t14?,15?,17?,18-,20?,22?;/m1./s1. The second-order valence-electron chi connectivity index (χ2n) is 8.70. The molecule has 8 nitrogen and oxygen atoms in total. The van der Waals surface area contributed by atoms with Crippen molar-refractivity contribution in [1.82, 2.24) is 0 Å². The maximum Gasteiger partial charge on any atom is 0.306 e. The molecule has 0 spiro atoms. The fraction of sp³-hybridized carbons (Fsp3) is 0.739. The number of aliphatic hydroxyl groups is 2. The van der Waals surface area contributed by atoms with E-state index in [-0.39, 0.29) is 42.5 Å². The number of aliphatic hydroxyl groups excluding tert-OH is 2. The van der Waals surface area contributed by atoms with Crippen LogP contribution in [0.3, 0.4) is 0 Å². The van der Waals surface area contributed by atoms with Crippen LogP contribution in [0.5, 0.6) is 0 Å².